The van der Waals surface area contributed by atoms with Crippen molar-refractivity contribution in [1.82, 2.24) is 4.90 Å². The summed E-state index contributed by atoms with van der Waals surface area (Å²) in [4.78, 5) is 16.6. The van der Waals surface area contributed by atoms with Gasteiger partial charge < -0.3 is 4.90 Å². The summed E-state index contributed by atoms with van der Waals surface area (Å²) in [5, 5.41) is 0. The van der Waals surface area contributed by atoms with Gasteiger partial charge in [0.05, 0.1) is 0 Å². The first kappa shape index (κ1) is 16.0. The number of carbonyl (C=O) groups is 1. The monoisotopic (exact) mass is 325 g/mol. The number of rotatable bonds is 4. The SMILES string of the molecule is CN(C(=O)/C=C/c1ccc(-c2ccccc2)s1)C1CCCCC1. The maximum absolute atomic E-state index is 12.3. The lowest BCUT2D eigenvalue weighted by Gasteiger charge is -2.30. The van der Waals surface area contributed by atoms with Crippen molar-refractivity contribution in [2.45, 2.75) is 38.1 Å². The van der Waals surface area contributed by atoms with E-state index in [-0.39, 0.29) is 5.91 Å². The average Bonchev–Trinajstić information content (AvgIpc) is 3.09. The van der Waals surface area contributed by atoms with Crippen LogP contribution in [0.25, 0.3) is 16.5 Å². The molecule has 0 aliphatic heterocycles. The molecule has 1 heterocycles. The van der Waals surface area contributed by atoms with Crippen molar-refractivity contribution in [1.29, 1.82) is 0 Å². The van der Waals surface area contributed by atoms with Crippen molar-refractivity contribution < 1.29 is 4.79 Å². The molecule has 3 heteroatoms. The van der Waals surface area contributed by atoms with Gasteiger partial charge in [0.2, 0.25) is 5.91 Å². The first-order chi connectivity index (χ1) is 11.2. The molecule has 1 amide bonds. The van der Waals surface area contributed by atoms with Crippen LogP contribution in [0.1, 0.15) is 37.0 Å². The molecule has 1 fully saturated rings. The Balaban J connectivity index is 1.63. The first-order valence-electron chi connectivity index (χ1n) is 8.34. The summed E-state index contributed by atoms with van der Waals surface area (Å²) >= 11 is 1.72. The normalized spacial score (nSPS) is 15.9. The third kappa shape index (κ3) is 4.11. The largest absolute Gasteiger partial charge is 0.339 e. The van der Waals surface area contributed by atoms with Gasteiger partial charge in [-0.15, -0.1) is 11.3 Å². The van der Waals surface area contributed by atoms with Crippen LogP contribution in [0.3, 0.4) is 0 Å². The number of nitrogens with zero attached hydrogens (tertiary/aromatic N) is 1. The molecule has 120 valence electrons. The minimum atomic E-state index is 0.117. The summed E-state index contributed by atoms with van der Waals surface area (Å²) in [7, 11) is 1.94. The van der Waals surface area contributed by atoms with E-state index in [2.05, 4.69) is 24.3 Å². The zero-order valence-corrected chi connectivity index (χ0v) is 14.4. The second kappa shape index (κ2) is 7.60. The van der Waals surface area contributed by atoms with E-state index in [0.717, 1.165) is 17.7 Å². The highest BCUT2D eigenvalue weighted by molar-refractivity contribution is 7.16. The molecule has 2 nitrogen and oxygen atoms in total. The summed E-state index contributed by atoms with van der Waals surface area (Å²) < 4.78 is 0. The third-order valence-electron chi connectivity index (χ3n) is 4.55. The molecule has 0 unspecified atom stereocenters. The Bertz CT molecular complexity index is 668. The van der Waals surface area contributed by atoms with Gasteiger partial charge in [0.15, 0.2) is 0 Å². The lowest BCUT2D eigenvalue weighted by atomic mass is 9.94. The molecular formula is C20H23NOS. The molecule has 1 aliphatic rings. The molecule has 0 radical (unpaired) electrons. The maximum Gasteiger partial charge on any atom is 0.246 e. The van der Waals surface area contributed by atoms with Crippen LogP contribution in [0.2, 0.25) is 0 Å². The van der Waals surface area contributed by atoms with E-state index >= 15 is 0 Å². The van der Waals surface area contributed by atoms with Crippen LogP contribution < -0.4 is 0 Å². The molecule has 2 aromatic rings. The lowest BCUT2D eigenvalue weighted by molar-refractivity contribution is -0.127. The molecule has 1 aliphatic carbocycles. The van der Waals surface area contributed by atoms with E-state index in [1.807, 2.05) is 36.2 Å². The van der Waals surface area contributed by atoms with Gasteiger partial charge in [0.1, 0.15) is 0 Å². The van der Waals surface area contributed by atoms with E-state index in [9.17, 15) is 4.79 Å². The highest BCUT2D eigenvalue weighted by Gasteiger charge is 2.20. The Labute approximate surface area is 142 Å². The minimum absolute atomic E-state index is 0.117. The Kier molecular flexibility index (Phi) is 5.29. The maximum atomic E-state index is 12.3. The van der Waals surface area contributed by atoms with Gasteiger partial charge in [0, 0.05) is 28.9 Å². The number of benzene rings is 1. The zero-order chi connectivity index (χ0) is 16.1. The van der Waals surface area contributed by atoms with Crippen molar-refractivity contribution in [2.75, 3.05) is 7.05 Å². The summed E-state index contributed by atoms with van der Waals surface area (Å²) in [5.74, 6) is 0.117. The van der Waals surface area contributed by atoms with Gasteiger partial charge >= 0.3 is 0 Å². The molecule has 0 N–H and O–H groups in total. The van der Waals surface area contributed by atoms with Crippen LogP contribution >= 0.6 is 11.3 Å². The van der Waals surface area contributed by atoms with Crippen LogP contribution in [0.4, 0.5) is 0 Å². The van der Waals surface area contributed by atoms with E-state index < -0.39 is 0 Å². The number of thiophene rings is 1. The van der Waals surface area contributed by atoms with Crippen LogP contribution in [0, 0.1) is 0 Å². The predicted octanol–water partition coefficient (Wildman–Crippen LogP) is 5.22. The van der Waals surface area contributed by atoms with Crippen molar-refractivity contribution in [3.05, 3.63) is 53.4 Å². The molecule has 0 bridgehead atoms. The van der Waals surface area contributed by atoms with Crippen molar-refractivity contribution >= 4 is 23.3 Å². The highest BCUT2D eigenvalue weighted by Crippen LogP contribution is 2.28. The molecule has 1 aromatic heterocycles. The van der Waals surface area contributed by atoms with E-state index in [1.165, 1.54) is 29.7 Å². The molecule has 1 aromatic carbocycles. The summed E-state index contributed by atoms with van der Waals surface area (Å²) in [6.07, 6.45) is 9.76. The molecule has 3 rings (SSSR count). The molecule has 0 spiro atoms. The lowest BCUT2D eigenvalue weighted by Crippen LogP contribution is -2.37. The first-order valence-corrected chi connectivity index (χ1v) is 9.16. The standard InChI is InChI=1S/C20H23NOS/c1-21(17-10-6-3-7-11-17)20(22)15-13-18-12-14-19(23-18)16-8-4-2-5-9-16/h2,4-5,8-9,12-15,17H,3,6-7,10-11H2,1H3/b15-13+. The molecule has 1 saturated carbocycles. The number of likely N-dealkylation sites (N-methyl/N-ethyl adjacent to an activating group) is 1. The average molecular weight is 325 g/mol. The second-order valence-corrected chi connectivity index (χ2v) is 7.26. The number of amides is 1. The van der Waals surface area contributed by atoms with Crippen LogP contribution in [0.5, 0.6) is 0 Å². The minimum Gasteiger partial charge on any atom is -0.339 e. The van der Waals surface area contributed by atoms with Crippen molar-refractivity contribution in [3.63, 3.8) is 0 Å². The summed E-state index contributed by atoms with van der Waals surface area (Å²) in [5.41, 5.74) is 1.22. The smallest absolute Gasteiger partial charge is 0.246 e. The van der Waals surface area contributed by atoms with Gasteiger partial charge in [-0.1, -0.05) is 49.6 Å². The third-order valence-corrected chi connectivity index (χ3v) is 5.64. The Morgan fingerprint density at radius 1 is 1.09 bits per heavy atom. The molecule has 23 heavy (non-hydrogen) atoms. The van der Waals surface area contributed by atoms with E-state index in [1.54, 1.807) is 17.4 Å². The van der Waals surface area contributed by atoms with Gasteiger partial charge in [0.25, 0.3) is 0 Å². The fourth-order valence-corrected chi connectivity index (χ4v) is 4.04. The Morgan fingerprint density at radius 3 is 2.57 bits per heavy atom. The summed E-state index contributed by atoms with van der Waals surface area (Å²) in [6.45, 7) is 0. The zero-order valence-electron chi connectivity index (χ0n) is 13.6. The number of carbonyl (C=O) groups excluding carboxylic acids is 1. The highest BCUT2D eigenvalue weighted by atomic mass is 32.1. The van der Waals surface area contributed by atoms with Crippen molar-refractivity contribution in [2.24, 2.45) is 0 Å². The van der Waals surface area contributed by atoms with Gasteiger partial charge in [-0.05, 0) is 36.6 Å². The number of hydrogen-bond acceptors (Lipinski definition) is 2. The Morgan fingerprint density at radius 2 is 1.83 bits per heavy atom. The van der Waals surface area contributed by atoms with Crippen LogP contribution in [0.15, 0.2) is 48.5 Å². The molecule has 0 saturated heterocycles. The van der Waals surface area contributed by atoms with Crippen LogP contribution in [-0.4, -0.2) is 23.9 Å². The fourth-order valence-electron chi connectivity index (χ4n) is 3.12. The van der Waals surface area contributed by atoms with Crippen molar-refractivity contribution in [3.8, 4) is 10.4 Å². The Hall–Kier alpha value is -1.87. The second-order valence-electron chi connectivity index (χ2n) is 6.14. The molecular weight excluding hydrogens is 302 g/mol. The number of hydrogen-bond donors (Lipinski definition) is 0. The van der Waals surface area contributed by atoms with Gasteiger partial charge in [-0.2, -0.15) is 0 Å². The fraction of sp³-hybridized carbons (Fsp3) is 0.350. The van der Waals surface area contributed by atoms with Gasteiger partial charge in [-0.3, -0.25) is 4.79 Å². The quantitative estimate of drug-likeness (QED) is 0.706. The topological polar surface area (TPSA) is 20.3 Å². The van der Waals surface area contributed by atoms with E-state index in [0.29, 0.717) is 6.04 Å². The van der Waals surface area contributed by atoms with E-state index in [4.69, 9.17) is 0 Å². The predicted molar refractivity (Wildman–Crippen MR) is 98.4 cm³/mol. The summed E-state index contributed by atoms with van der Waals surface area (Å²) in [6, 6.07) is 15.0. The van der Waals surface area contributed by atoms with Crippen LogP contribution in [-0.2, 0) is 4.79 Å². The van der Waals surface area contributed by atoms with Gasteiger partial charge in [-0.25, -0.2) is 0 Å². The molecule has 0 atom stereocenters.